The molecule has 0 saturated carbocycles. The van der Waals surface area contributed by atoms with Crippen molar-refractivity contribution in [3.05, 3.63) is 0 Å². The highest BCUT2D eigenvalue weighted by atomic mass is 35.5. The third-order valence-electron chi connectivity index (χ3n) is 1.66. The van der Waals surface area contributed by atoms with E-state index in [1.54, 1.807) is 7.05 Å². The number of hydrazine groups is 1. The smallest absolute Gasteiger partial charge is 0.324 e. The van der Waals surface area contributed by atoms with Crippen LogP contribution < -0.4 is 5.84 Å². The number of rotatable bonds is 4. The van der Waals surface area contributed by atoms with E-state index in [0.29, 0.717) is 5.92 Å². The van der Waals surface area contributed by atoms with E-state index in [9.17, 15) is 4.79 Å². The second-order valence-electron chi connectivity index (χ2n) is 3.33. The van der Waals surface area contributed by atoms with Gasteiger partial charge in [0, 0.05) is 7.05 Å². The minimum Gasteiger partial charge on any atom is -0.468 e. The second-order valence-corrected chi connectivity index (χ2v) is 3.33. The number of methoxy groups -OCH3 is 1. The number of hydrogen-bond acceptors (Lipinski definition) is 4. The van der Waals surface area contributed by atoms with E-state index in [0.717, 1.165) is 6.42 Å². The van der Waals surface area contributed by atoms with Gasteiger partial charge in [-0.2, -0.15) is 0 Å². The number of halogens is 1. The summed E-state index contributed by atoms with van der Waals surface area (Å²) >= 11 is 0. The Kier molecular flexibility index (Phi) is 8.30. The van der Waals surface area contributed by atoms with Gasteiger partial charge in [0.1, 0.15) is 6.04 Å². The Morgan fingerprint density at radius 2 is 2.00 bits per heavy atom. The number of nitrogens with two attached hydrogens (primary N) is 1. The molecule has 1 atom stereocenters. The van der Waals surface area contributed by atoms with Crippen LogP contribution in [0.2, 0.25) is 0 Å². The number of hydrogen-bond donors (Lipinski definition) is 1. The van der Waals surface area contributed by atoms with Crippen LogP contribution in [-0.4, -0.2) is 31.2 Å². The molecule has 0 amide bonds. The van der Waals surface area contributed by atoms with E-state index >= 15 is 0 Å². The zero-order chi connectivity index (χ0) is 9.72. The SMILES string of the molecule is COC(=O)[C@H](CC(C)C)N(C)N.Cl. The molecule has 0 aromatic carbocycles. The molecule has 0 rings (SSSR count). The molecule has 0 aromatic heterocycles. The number of likely N-dealkylation sites (N-methyl/N-ethyl adjacent to an activating group) is 1. The van der Waals surface area contributed by atoms with Crippen LogP contribution in [0, 0.1) is 5.92 Å². The molecule has 80 valence electrons. The monoisotopic (exact) mass is 210 g/mol. The summed E-state index contributed by atoms with van der Waals surface area (Å²) in [6.07, 6.45) is 0.722. The summed E-state index contributed by atoms with van der Waals surface area (Å²) in [4.78, 5) is 11.1. The van der Waals surface area contributed by atoms with E-state index in [1.807, 2.05) is 13.8 Å². The fraction of sp³-hybridized carbons (Fsp3) is 0.875. The highest BCUT2D eigenvalue weighted by Crippen LogP contribution is 2.08. The molecule has 4 nitrogen and oxygen atoms in total. The summed E-state index contributed by atoms with van der Waals surface area (Å²) in [6, 6.07) is -0.324. The van der Waals surface area contributed by atoms with Gasteiger partial charge < -0.3 is 4.74 Å². The van der Waals surface area contributed by atoms with E-state index in [2.05, 4.69) is 4.74 Å². The summed E-state index contributed by atoms with van der Waals surface area (Å²) < 4.78 is 4.61. The van der Waals surface area contributed by atoms with Gasteiger partial charge in [-0.3, -0.25) is 10.6 Å². The van der Waals surface area contributed by atoms with E-state index in [1.165, 1.54) is 12.1 Å². The van der Waals surface area contributed by atoms with Crippen LogP contribution in [0.3, 0.4) is 0 Å². The number of carbonyl (C=O) groups is 1. The summed E-state index contributed by atoms with van der Waals surface area (Å²) in [5, 5.41) is 1.39. The number of esters is 1. The van der Waals surface area contributed by atoms with Crippen LogP contribution in [0.4, 0.5) is 0 Å². The quantitative estimate of drug-likeness (QED) is 0.424. The molecule has 0 spiro atoms. The number of carbonyl (C=O) groups excluding carboxylic acids is 1. The molecule has 5 heteroatoms. The molecule has 0 aliphatic heterocycles. The third kappa shape index (κ3) is 5.85. The fourth-order valence-corrected chi connectivity index (χ4v) is 1.01. The van der Waals surface area contributed by atoms with Gasteiger partial charge in [0.05, 0.1) is 7.11 Å². The molecule has 13 heavy (non-hydrogen) atoms. The third-order valence-corrected chi connectivity index (χ3v) is 1.66. The maximum Gasteiger partial charge on any atom is 0.324 e. The molecule has 0 aliphatic carbocycles. The van der Waals surface area contributed by atoms with Crippen molar-refractivity contribution in [2.75, 3.05) is 14.2 Å². The van der Waals surface area contributed by atoms with Crippen molar-refractivity contribution >= 4 is 18.4 Å². The van der Waals surface area contributed by atoms with Crippen LogP contribution in [0.15, 0.2) is 0 Å². The molecular formula is C8H19ClN2O2. The Morgan fingerprint density at radius 1 is 1.54 bits per heavy atom. The van der Waals surface area contributed by atoms with Gasteiger partial charge in [-0.15, -0.1) is 12.4 Å². The zero-order valence-electron chi connectivity index (χ0n) is 8.61. The molecule has 0 aliphatic rings. The first-order chi connectivity index (χ1) is 5.49. The first-order valence-electron chi connectivity index (χ1n) is 4.04. The molecule has 0 saturated heterocycles. The summed E-state index contributed by atoms with van der Waals surface area (Å²) in [5.41, 5.74) is 0. The highest BCUT2D eigenvalue weighted by molar-refractivity contribution is 5.85. The first-order valence-corrected chi connectivity index (χ1v) is 4.04. The second kappa shape index (κ2) is 7.12. The van der Waals surface area contributed by atoms with Gasteiger partial charge in [0.2, 0.25) is 0 Å². The lowest BCUT2D eigenvalue weighted by Gasteiger charge is -2.22. The lowest BCUT2D eigenvalue weighted by molar-refractivity contribution is -0.147. The van der Waals surface area contributed by atoms with Gasteiger partial charge >= 0.3 is 5.97 Å². The van der Waals surface area contributed by atoms with Crippen molar-refractivity contribution in [2.24, 2.45) is 11.8 Å². The predicted molar refractivity (Wildman–Crippen MR) is 54.5 cm³/mol. The molecule has 0 aromatic rings. The van der Waals surface area contributed by atoms with Crippen molar-refractivity contribution in [1.29, 1.82) is 0 Å². The van der Waals surface area contributed by atoms with E-state index in [-0.39, 0.29) is 24.4 Å². The van der Waals surface area contributed by atoms with Gasteiger partial charge in [0.15, 0.2) is 0 Å². The Balaban J connectivity index is 0. The Morgan fingerprint density at radius 3 is 2.23 bits per heavy atom. The molecule has 0 unspecified atom stereocenters. The standard InChI is InChI=1S/C8H18N2O2.ClH/c1-6(2)5-7(10(3)9)8(11)12-4;/h6-7H,5,9H2,1-4H3;1H/t7-;/m0./s1. The Bertz CT molecular complexity index is 151. The van der Waals surface area contributed by atoms with Crippen LogP contribution >= 0.6 is 12.4 Å². The van der Waals surface area contributed by atoms with Crippen LogP contribution in [-0.2, 0) is 9.53 Å². The maximum atomic E-state index is 11.1. The van der Waals surface area contributed by atoms with Gasteiger partial charge in [-0.05, 0) is 12.3 Å². The van der Waals surface area contributed by atoms with E-state index < -0.39 is 0 Å². The number of ether oxygens (including phenoxy) is 1. The van der Waals surface area contributed by atoms with E-state index in [4.69, 9.17) is 5.84 Å². The molecule has 0 fully saturated rings. The normalized spacial score (nSPS) is 12.5. The zero-order valence-corrected chi connectivity index (χ0v) is 9.43. The summed E-state index contributed by atoms with van der Waals surface area (Å²) in [7, 11) is 3.04. The van der Waals surface area contributed by atoms with Crippen LogP contribution in [0.5, 0.6) is 0 Å². The van der Waals surface area contributed by atoms with Crippen LogP contribution in [0.25, 0.3) is 0 Å². The molecule has 0 heterocycles. The molecule has 2 N–H and O–H groups in total. The topological polar surface area (TPSA) is 55.6 Å². The Labute approximate surface area is 85.8 Å². The minimum atomic E-state index is -0.324. The highest BCUT2D eigenvalue weighted by Gasteiger charge is 2.22. The molecule has 0 bridgehead atoms. The van der Waals surface area contributed by atoms with Crippen molar-refractivity contribution in [3.8, 4) is 0 Å². The van der Waals surface area contributed by atoms with Crippen molar-refractivity contribution < 1.29 is 9.53 Å². The van der Waals surface area contributed by atoms with Crippen LogP contribution in [0.1, 0.15) is 20.3 Å². The summed E-state index contributed by atoms with van der Waals surface area (Å²) in [6.45, 7) is 4.08. The first kappa shape index (κ1) is 15.2. The predicted octanol–water partition coefficient (Wildman–Crippen LogP) is 0.801. The average molecular weight is 211 g/mol. The lowest BCUT2D eigenvalue weighted by Crippen LogP contribution is -2.44. The van der Waals surface area contributed by atoms with Crippen molar-refractivity contribution in [1.82, 2.24) is 5.01 Å². The summed E-state index contributed by atoms with van der Waals surface area (Å²) in [5.74, 6) is 5.65. The van der Waals surface area contributed by atoms with Gasteiger partial charge in [-0.25, -0.2) is 5.01 Å². The molecular weight excluding hydrogens is 192 g/mol. The van der Waals surface area contributed by atoms with Gasteiger partial charge in [-0.1, -0.05) is 13.8 Å². The minimum absolute atomic E-state index is 0. The van der Waals surface area contributed by atoms with Crippen molar-refractivity contribution in [2.45, 2.75) is 26.3 Å². The maximum absolute atomic E-state index is 11.1. The average Bonchev–Trinajstić information content (AvgIpc) is 1.98. The lowest BCUT2D eigenvalue weighted by atomic mass is 10.0. The molecule has 0 radical (unpaired) electrons. The fourth-order valence-electron chi connectivity index (χ4n) is 1.01. The Hall–Kier alpha value is -0.320. The van der Waals surface area contributed by atoms with Gasteiger partial charge in [0.25, 0.3) is 0 Å². The largest absolute Gasteiger partial charge is 0.468 e. The van der Waals surface area contributed by atoms with Crippen molar-refractivity contribution in [3.63, 3.8) is 0 Å². The number of nitrogens with zero attached hydrogens (tertiary/aromatic N) is 1.